The molecule has 0 aliphatic heterocycles. The van der Waals surface area contributed by atoms with Crippen LogP contribution in [0, 0.1) is 0 Å². The molecule has 0 aliphatic rings. The summed E-state index contributed by atoms with van der Waals surface area (Å²) in [5.41, 5.74) is 7.37. The SMILES string of the molecule is CCn1c(=O)n(CC(=O)Nc2ccccc2C(=O)NCCN)c2ccccc21. The molecule has 0 spiro atoms. The van der Waals surface area contributed by atoms with Crippen molar-refractivity contribution in [2.75, 3.05) is 18.4 Å². The van der Waals surface area contributed by atoms with Gasteiger partial charge in [-0.1, -0.05) is 24.3 Å². The van der Waals surface area contributed by atoms with Gasteiger partial charge in [0, 0.05) is 19.6 Å². The molecule has 146 valence electrons. The molecular weight excluding hydrogens is 358 g/mol. The number of nitrogens with zero attached hydrogens (tertiary/aromatic N) is 2. The fraction of sp³-hybridized carbons (Fsp3) is 0.250. The van der Waals surface area contributed by atoms with Gasteiger partial charge < -0.3 is 16.4 Å². The zero-order valence-electron chi connectivity index (χ0n) is 15.6. The first kappa shape index (κ1) is 19.4. The van der Waals surface area contributed by atoms with E-state index in [0.29, 0.717) is 36.4 Å². The van der Waals surface area contributed by atoms with Crippen LogP contribution in [0.15, 0.2) is 53.3 Å². The van der Waals surface area contributed by atoms with Gasteiger partial charge >= 0.3 is 5.69 Å². The number of fused-ring (bicyclic) bond motifs is 1. The molecule has 0 radical (unpaired) electrons. The smallest absolute Gasteiger partial charge is 0.329 e. The highest BCUT2D eigenvalue weighted by atomic mass is 16.2. The molecule has 0 fully saturated rings. The van der Waals surface area contributed by atoms with Crippen molar-refractivity contribution < 1.29 is 9.59 Å². The third-order valence-corrected chi connectivity index (χ3v) is 4.42. The first-order chi connectivity index (χ1) is 13.6. The Balaban J connectivity index is 1.85. The molecule has 2 aromatic carbocycles. The molecule has 8 nitrogen and oxygen atoms in total. The Morgan fingerprint density at radius 3 is 2.32 bits per heavy atom. The van der Waals surface area contributed by atoms with E-state index in [1.165, 1.54) is 4.57 Å². The molecule has 1 aromatic heterocycles. The second-order valence-corrected chi connectivity index (χ2v) is 6.24. The van der Waals surface area contributed by atoms with Crippen LogP contribution < -0.4 is 22.1 Å². The minimum absolute atomic E-state index is 0.148. The number of anilines is 1. The molecule has 2 amide bonds. The van der Waals surface area contributed by atoms with Crippen molar-refractivity contribution in [1.82, 2.24) is 14.5 Å². The maximum absolute atomic E-state index is 12.7. The normalized spacial score (nSPS) is 10.8. The summed E-state index contributed by atoms with van der Waals surface area (Å²) in [5.74, 6) is -0.707. The first-order valence-corrected chi connectivity index (χ1v) is 9.12. The molecule has 0 aliphatic carbocycles. The maximum atomic E-state index is 12.7. The minimum Gasteiger partial charge on any atom is -0.351 e. The molecule has 0 unspecified atom stereocenters. The Bertz CT molecular complexity index is 1070. The third kappa shape index (κ3) is 3.81. The predicted molar refractivity (Wildman–Crippen MR) is 108 cm³/mol. The fourth-order valence-electron chi connectivity index (χ4n) is 3.14. The predicted octanol–water partition coefficient (Wildman–Crippen LogP) is 1.15. The number of aromatic nitrogens is 2. The lowest BCUT2D eigenvalue weighted by Crippen LogP contribution is -2.31. The van der Waals surface area contributed by atoms with Crippen molar-refractivity contribution in [2.45, 2.75) is 20.0 Å². The number of amides is 2. The van der Waals surface area contributed by atoms with Gasteiger partial charge in [0.15, 0.2) is 0 Å². The van der Waals surface area contributed by atoms with E-state index >= 15 is 0 Å². The molecule has 0 bridgehead atoms. The summed E-state index contributed by atoms with van der Waals surface area (Å²) < 4.78 is 3.06. The lowest BCUT2D eigenvalue weighted by atomic mass is 10.1. The van der Waals surface area contributed by atoms with E-state index < -0.39 is 0 Å². The highest BCUT2D eigenvalue weighted by Gasteiger charge is 2.16. The standard InChI is InChI=1S/C20H23N5O3/c1-2-24-16-9-5-6-10-17(16)25(20(24)28)13-18(26)23-15-8-4-3-7-14(15)19(27)22-12-11-21/h3-10H,2,11-13,21H2,1H3,(H,22,27)(H,23,26). The van der Waals surface area contributed by atoms with Gasteiger partial charge in [-0.2, -0.15) is 0 Å². The van der Waals surface area contributed by atoms with Crippen molar-refractivity contribution >= 4 is 28.5 Å². The molecule has 8 heteroatoms. The molecule has 4 N–H and O–H groups in total. The van der Waals surface area contributed by atoms with E-state index in [1.54, 1.807) is 28.8 Å². The number of aryl methyl sites for hydroxylation is 1. The van der Waals surface area contributed by atoms with Crippen molar-refractivity contribution in [2.24, 2.45) is 5.73 Å². The Morgan fingerprint density at radius 2 is 1.64 bits per heavy atom. The van der Waals surface area contributed by atoms with E-state index in [4.69, 9.17) is 5.73 Å². The molecule has 0 saturated carbocycles. The monoisotopic (exact) mass is 381 g/mol. The number of imidazole rings is 1. The van der Waals surface area contributed by atoms with E-state index in [9.17, 15) is 14.4 Å². The molecule has 0 saturated heterocycles. The van der Waals surface area contributed by atoms with Crippen LogP contribution in [0.25, 0.3) is 11.0 Å². The van der Waals surface area contributed by atoms with E-state index in [1.807, 2.05) is 31.2 Å². The molecule has 3 aromatic rings. The van der Waals surface area contributed by atoms with Crippen molar-refractivity contribution in [1.29, 1.82) is 0 Å². The topological polar surface area (TPSA) is 111 Å². The van der Waals surface area contributed by atoms with Gasteiger partial charge in [-0.3, -0.25) is 18.7 Å². The van der Waals surface area contributed by atoms with Crippen LogP contribution in [-0.4, -0.2) is 34.0 Å². The summed E-state index contributed by atoms with van der Waals surface area (Å²) >= 11 is 0. The van der Waals surface area contributed by atoms with Crippen LogP contribution in [0.5, 0.6) is 0 Å². The Kier molecular flexibility index (Phi) is 5.90. The second kappa shape index (κ2) is 8.53. The summed E-state index contributed by atoms with van der Waals surface area (Å²) in [4.78, 5) is 37.6. The number of nitrogens with one attached hydrogen (secondary N) is 2. The summed E-state index contributed by atoms with van der Waals surface area (Å²) in [7, 11) is 0. The van der Waals surface area contributed by atoms with Gasteiger partial charge in [0.05, 0.1) is 22.3 Å². The Labute approximate surface area is 161 Å². The third-order valence-electron chi connectivity index (χ3n) is 4.42. The van der Waals surface area contributed by atoms with Gasteiger partial charge in [-0.05, 0) is 31.2 Å². The average Bonchev–Trinajstić information content (AvgIpc) is 2.97. The zero-order valence-corrected chi connectivity index (χ0v) is 15.6. The number of hydrogen-bond acceptors (Lipinski definition) is 4. The van der Waals surface area contributed by atoms with E-state index in [0.717, 1.165) is 5.52 Å². The Morgan fingerprint density at radius 1 is 1.00 bits per heavy atom. The second-order valence-electron chi connectivity index (χ2n) is 6.24. The van der Waals surface area contributed by atoms with Crippen molar-refractivity contribution in [3.63, 3.8) is 0 Å². The average molecular weight is 381 g/mol. The molecular formula is C20H23N5O3. The number of rotatable bonds is 7. The maximum Gasteiger partial charge on any atom is 0.329 e. The van der Waals surface area contributed by atoms with E-state index in [2.05, 4.69) is 10.6 Å². The van der Waals surface area contributed by atoms with Crippen LogP contribution in [0.1, 0.15) is 17.3 Å². The van der Waals surface area contributed by atoms with Crippen LogP contribution in [-0.2, 0) is 17.9 Å². The van der Waals surface area contributed by atoms with Gasteiger partial charge in [-0.25, -0.2) is 4.79 Å². The number of benzene rings is 2. The molecule has 1 heterocycles. The molecule has 0 atom stereocenters. The lowest BCUT2D eigenvalue weighted by Gasteiger charge is -2.11. The summed E-state index contributed by atoms with van der Waals surface area (Å²) in [5, 5.41) is 5.42. The van der Waals surface area contributed by atoms with Crippen LogP contribution in [0.3, 0.4) is 0 Å². The van der Waals surface area contributed by atoms with Crippen molar-refractivity contribution in [3.8, 4) is 0 Å². The van der Waals surface area contributed by atoms with Gasteiger partial charge in [0.1, 0.15) is 6.54 Å². The lowest BCUT2D eigenvalue weighted by molar-refractivity contribution is -0.116. The fourth-order valence-corrected chi connectivity index (χ4v) is 3.14. The van der Waals surface area contributed by atoms with Crippen LogP contribution in [0.2, 0.25) is 0 Å². The van der Waals surface area contributed by atoms with E-state index in [-0.39, 0.29) is 24.0 Å². The number of para-hydroxylation sites is 3. The Hall–Kier alpha value is -3.39. The first-order valence-electron chi connectivity index (χ1n) is 9.12. The van der Waals surface area contributed by atoms with Crippen LogP contribution in [0.4, 0.5) is 5.69 Å². The van der Waals surface area contributed by atoms with Gasteiger partial charge in [0.25, 0.3) is 5.91 Å². The largest absolute Gasteiger partial charge is 0.351 e. The number of carbonyl (C=O) groups is 2. The van der Waals surface area contributed by atoms with Crippen LogP contribution >= 0.6 is 0 Å². The molecule has 28 heavy (non-hydrogen) atoms. The zero-order chi connectivity index (χ0) is 20.1. The summed E-state index contributed by atoms with van der Waals surface area (Å²) in [6.07, 6.45) is 0. The minimum atomic E-state index is -0.389. The highest BCUT2D eigenvalue weighted by molar-refractivity contribution is 6.03. The quantitative estimate of drug-likeness (QED) is 0.570. The number of hydrogen-bond donors (Lipinski definition) is 3. The van der Waals surface area contributed by atoms with Crippen molar-refractivity contribution in [3.05, 3.63) is 64.6 Å². The highest BCUT2D eigenvalue weighted by Crippen LogP contribution is 2.16. The number of carbonyl (C=O) groups excluding carboxylic acids is 2. The molecule has 3 rings (SSSR count). The summed E-state index contributed by atoms with van der Waals surface area (Å²) in [6, 6.07) is 14.1. The van der Waals surface area contributed by atoms with Gasteiger partial charge in [-0.15, -0.1) is 0 Å². The number of nitrogens with two attached hydrogens (primary N) is 1. The van der Waals surface area contributed by atoms with Gasteiger partial charge in [0.2, 0.25) is 5.91 Å². The summed E-state index contributed by atoms with van der Waals surface area (Å²) in [6.45, 7) is 2.91.